The van der Waals surface area contributed by atoms with Crippen LogP contribution in [0, 0.1) is 0 Å². The van der Waals surface area contributed by atoms with E-state index in [0.717, 1.165) is 25.3 Å². The van der Waals surface area contributed by atoms with Crippen LogP contribution in [-0.4, -0.2) is 61.2 Å². The maximum Gasteiger partial charge on any atom is 0.293 e. The monoisotopic (exact) mass is 355 g/mol. The standard InChI is InChI=1S/C17H21N7O2/c1-22-6-4-18-15(16(22)25)20-10-14-12-23(7-8-26-14)11-13-9-21-17-19-3-2-5-24(13)17/h2-6,9,14H,7-8,10-12H2,1H3,(H,18,20). The summed E-state index contributed by atoms with van der Waals surface area (Å²) in [5, 5.41) is 3.11. The zero-order valence-electron chi connectivity index (χ0n) is 14.6. The Morgan fingerprint density at radius 1 is 1.27 bits per heavy atom. The molecule has 0 spiro atoms. The maximum atomic E-state index is 12.0. The number of nitrogens with zero attached hydrogens (tertiary/aromatic N) is 6. The van der Waals surface area contributed by atoms with Crippen molar-refractivity contribution >= 4 is 11.6 Å². The number of nitrogens with one attached hydrogen (secondary N) is 1. The molecule has 4 heterocycles. The van der Waals surface area contributed by atoms with Gasteiger partial charge in [-0.1, -0.05) is 0 Å². The van der Waals surface area contributed by atoms with Crippen molar-refractivity contribution in [3.8, 4) is 0 Å². The molecule has 0 amide bonds. The van der Waals surface area contributed by atoms with Crippen LogP contribution >= 0.6 is 0 Å². The van der Waals surface area contributed by atoms with Crippen molar-refractivity contribution in [3.63, 3.8) is 0 Å². The molecule has 1 atom stereocenters. The van der Waals surface area contributed by atoms with Crippen LogP contribution in [0.3, 0.4) is 0 Å². The summed E-state index contributed by atoms with van der Waals surface area (Å²) < 4.78 is 9.33. The summed E-state index contributed by atoms with van der Waals surface area (Å²) in [4.78, 5) is 27.0. The van der Waals surface area contributed by atoms with Gasteiger partial charge in [-0.15, -0.1) is 0 Å². The predicted octanol–water partition coefficient (Wildman–Crippen LogP) is 0.136. The van der Waals surface area contributed by atoms with Crippen LogP contribution in [0.4, 0.5) is 5.82 Å². The Morgan fingerprint density at radius 3 is 3.12 bits per heavy atom. The molecule has 0 saturated carbocycles. The molecule has 1 saturated heterocycles. The lowest BCUT2D eigenvalue weighted by Gasteiger charge is -2.32. The Hall–Kier alpha value is -2.78. The van der Waals surface area contributed by atoms with Crippen LogP contribution in [-0.2, 0) is 18.3 Å². The van der Waals surface area contributed by atoms with Gasteiger partial charge in [0.05, 0.1) is 24.6 Å². The number of ether oxygens (including phenoxy) is 1. The smallest absolute Gasteiger partial charge is 0.293 e. The van der Waals surface area contributed by atoms with Crippen LogP contribution in [0.5, 0.6) is 0 Å². The third-order valence-electron chi connectivity index (χ3n) is 4.49. The van der Waals surface area contributed by atoms with E-state index in [1.54, 1.807) is 25.6 Å². The molecule has 1 aliphatic rings. The van der Waals surface area contributed by atoms with Crippen molar-refractivity contribution in [1.29, 1.82) is 0 Å². The number of hydrogen-bond donors (Lipinski definition) is 1. The normalized spacial score (nSPS) is 18.3. The molecule has 0 aromatic carbocycles. The zero-order valence-corrected chi connectivity index (χ0v) is 14.6. The zero-order chi connectivity index (χ0) is 17.9. The second-order valence-electron chi connectivity index (χ2n) is 6.34. The van der Waals surface area contributed by atoms with E-state index in [2.05, 4.69) is 25.2 Å². The molecule has 1 N–H and O–H groups in total. The first-order valence-corrected chi connectivity index (χ1v) is 8.57. The molecule has 1 unspecified atom stereocenters. The van der Waals surface area contributed by atoms with Gasteiger partial charge in [0.25, 0.3) is 5.56 Å². The Bertz CT molecular complexity index is 951. The lowest BCUT2D eigenvalue weighted by atomic mass is 10.2. The number of hydrogen-bond acceptors (Lipinski definition) is 7. The molecule has 1 aliphatic heterocycles. The Labute approximate surface area is 150 Å². The van der Waals surface area contributed by atoms with Crippen LogP contribution in [0.2, 0.25) is 0 Å². The van der Waals surface area contributed by atoms with Gasteiger partial charge in [0.15, 0.2) is 5.82 Å². The van der Waals surface area contributed by atoms with Gasteiger partial charge < -0.3 is 14.6 Å². The first-order chi connectivity index (χ1) is 12.7. The lowest BCUT2D eigenvalue weighted by molar-refractivity contribution is -0.0245. The van der Waals surface area contributed by atoms with Crippen LogP contribution in [0.15, 0.2) is 41.8 Å². The molecule has 1 fully saturated rings. The molecule has 0 bridgehead atoms. The van der Waals surface area contributed by atoms with Gasteiger partial charge in [0.1, 0.15) is 0 Å². The topological polar surface area (TPSA) is 89.6 Å². The SMILES string of the molecule is Cn1ccnc(NCC2CN(Cc3cnc4ncccn34)CCO2)c1=O. The minimum atomic E-state index is -0.140. The van der Waals surface area contributed by atoms with Crippen molar-refractivity contribution in [2.75, 3.05) is 31.6 Å². The van der Waals surface area contributed by atoms with E-state index in [-0.39, 0.29) is 11.7 Å². The van der Waals surface area contributed by atoms with E-state index in [0.29, 0.717) is 24.7 Å². The molecule has 26 heavy (non-hydrogen) atoms. The fourth-order valence-electron chi connectivity index (χ4n) is 3.10. The third-order valence-corrected chi connectivity index (χ3v) is 4.49. The number of aryl methyl sites for hydroxylation is 1. The molecule has 136 valence electrons. The maximum absolute atomic E-state index is 12.0. The molecule has 0 aliphatic carbocycles. The summed E-state index contributed by atoms with van der Waals surface area (Å²) in [6.07, 6.45) is 8.81. The summed E-state index contributed by atoms with van der Waals surface area (Å²) >= 11 is 0. The quantitative estimate of drug-likeness (QED) is 0.696. The molecular formula is C17H21N7O2. The summed E-state index contributed by atoms with van der Waals surface area (Å²) in [5.74, 6) is 1.06. The first-order valence-electron chi connectivity index (χ1n) is 8.57. The third kappa shape index (κ3) is 3.44. The van der Waals surface area contributed by atoms with Crippen LogP contribution in [0.1, 0.15) is 5.69 Å². The highest BCUT2D eigenvalue weighted by Crippen LogP contribution is 2.12. The second kappa shape index (κ2) is 7.22. The predicted molar refractivity (Wildman–Crippen MR) is 96.0 cm³/mol. The highest BCUT2D eigenvalue weighted by molar-refractivity contribution is 5.31. The lowest BCUT2D eigenvalue weighted by Crippen LogP contribution is -2.45. The van der Waals surface area contributed by atoms with Crippen molar-refractivity contribution in [2.45, 2.75) is 12.6 Å². The molecule has 3 aromatic heterocycles. The minimum Gasteiger partial charge on any atom is -0.374 e. The largest absolute Gasteiger partial charge is 0.374 e. The van der Waals surface area contributed by atoms with Gasteiger partial charge in [-0.25, -0.2) is 15.0 Å². The van der Waals surface area contributed by atoms with Gasteiger partial charge in [-0.2, -0.15) is 0 Å². The average Bonchev–Trinajstić information content (AvgIpc) is 3.06. The van der Waals surface area contributed by atoms with Crippen molar-refractivity contribution in [3.05, 3.63) is 53.1 Å². The second-order valence-corrected chi connectivity index (χ2v) is 6.34. The van der Waals surface area contributed by atoms with Gasteiger partial charge in [0.2, 0.25) is 5.78 Å². The Balaban J connectivity index is 1.38. The number of aromatic nitrogens is 5. The molecule has 4 rings (SSSR count). The molecule has 9 heteroatoms. The molecule has 9 nitrogen and oxygen atoms in total. The van der Waals surface area contributed by atoms with Crippen molar-refractivity contribution < 1.29 is 4.74 Å². The van der Waals surface area contributed by atoms with Crippen molar-refractivity contribution in [1.82, 2.24) is 28.8 Å². The Morgan fingerprint density at radius 2 is 2.19 bits per heavy atom. The van der Waals surface area contributed by atoms with E-state index in [1.807, 2.05) is 22.9 Å². The number of anilines is 1. The summed E-state index contributed by atoms with van der Waals surface area (Å²) in [5.41, 5.74) is 0.957. The summed E-state index contributed by atoms with van der Waals surface area (Å²) in [7, 11) is 1.71. The van der Waals surface area contributed by atoms with E-state index in [4.69, 9.17) is 4.74 Å². The van der Waals surface area contributed by atoms with Gasteiger partial charge >= 0.3 is 0 Å². The molecule has 0 radical (unpaired) electrons. The van der Waals surface area contributed by atoms with E-state index >= 15 is 0 Å². The fraction of sp³-hybridized carbons (Fsp3) is 0.412. The van der Waals surface area contributed by atoms with Gasteiger partial charge in [0, 0.05) is 58.0 Å². The van der Waals surface area contributed by atoms with Crippen molar-refractivity contribution in [2.24, 2.45) is 7.05 Å². The summed E-state index contributed by atoms with van der Waals surface area (Å²) in [6.45, 7) is 3.60. The van der Waals surface area contributed by atoms with E-state index in [9.17, 15) is 4.79 Å². The number of rotatable bonds is 5. The minimum absolute atomic E-state index is 0.00669. The molecular weight excluding hydrogens is 334 g/mol. The van der Waals surface area contributed by atoms with Crippen LogP contribution < -0.4 is 10.9 Å². The van der Waals surface area contributed by atoms with Gasteiger partial charge in [-0.05, 0) is 6.07 Å². The highest BCUT2D eigenvalue weighted by Gasteiger charge is 2.22. The van der Waals surface area contributed by atoms with E-state index < -0.39 is 0 Å². The average molecular weight is 355 g/mol. The van der Waals surface area contributed by atoms with Gasteiger partial charge in [-0.3, -0.25) is 14.1 Å². The van der Waals surface area contributed by atoms with Crippen LogP contribution in [0.25, 0.3) is 5.78 Å². The summed E-state index contributed by atoms with van der Waals surface area (Å²) in [6, 6.07) is 1.90. The number of morpholine rings is 1. The fourth-order valence-corrected chi connectivity index (χ4v) is 3.10. The molecule has 3 aromatic rings. The number of fused-ring (bicyclic) bond motifs is 1. The first kappa shape index (κ1) is 16.7. The Kier molecular flexibility index (Phi) is 4.63. The number of imidazole rings is 1. The van der Waals surface area contributed by atoms with E-state index in [1.165, 1.54) is 4.57 Å². The highest BCUT2D eigenvalue weighted by atomic mass is 16.5.